The van der Waals surface area contributed by atoms with Gasteiger partial charge in [-0.3, -0.25) is 9.89 Å². The van der Waals surface area contributed by atoms with Crippen LogP contribution in [0.3, 0.4) is 0 Å². The number of benzene rings is 1. The molecule has 0 aliphatic heterocycles. The molecule has 7 heteroatoms. The second-order valence-corrected chi connectivity index (χ2v) is 5.45. The van der Waals surface area contributed by atoms with Crippen LogP contribution in [0.4, 0.5) is 5.82 Å². The molecule has 0 radical (unpaired) electrons. The Morgan fingerprint density at radius 1 is 1.30 bits per heavy atom. The van der Waals surface area contributed by atoms with Gasteiger partial charge in [0, 0.05) is 36.8 Å². The minimum atomic E-state index is -0.0720. The van der Waals surface area contributed by atoms with E-state index in [9.17, 15) is 4.79 Å². The predicted molar refractivity (Wildman–Crippen MR) is 89.9 cm³/mol. The maximum Gasteiger partial charge on any atom is 0.225 e. The third kappa shape index (κ3) is 4.97. The van der Waals surface area contributed by atoms with Crippen molar-refractivity contribution in [1.29, 1.82) is 0 Å². The summed E-state index contributed by atoms with van der Waals surface area (Å²) in [6, 6.07) is 7.07. The fourth-order valence-electron chi connectivity index (χ4n) is 2.15. The molecule has 0 unspecified atom stereocenters. The van der Waals surface area contributed by atoms with E-state index < -0.39 is 0 Å². The predicted octanol–water partition coefficient (Wildman–Crippen LogP) is 3.49. The molecule has 2 aromatic rings. The number of amides is 1. The minimum absolute atomic E-state index is 0.0720. The molecule has 0 aliphatic carbocycles. The number of H-pyrrole nitrogens is 1. The number of aromatic amines is 1. The van der Waals surface area contributed by atoms with Gasteiger partial charge in [0.15, 0.2) is 5.82 Å². The van der Waals surface area contributed by atoms with E-state index in [0.29, 0.717) is 29.6 Å². The molecular weight excluding hydrogens is 318 g/mol. The van der Waals surface area contributed by atoms with Gasteiger partial charge in [0.1, 0.15) is 5.75 Å². The van der Waals surface area contributed by atoms with Crippen molar-refractivity contribution in [1.82, 2.24) is 10.2 Å². The molecule has 23 heavy (non-hydrogen) atoms. The summed E-state index contributed by atoms with van der Waals surface area (Å²) in [5.74, 6) is 1.08. The highest BCUT2D eigenvalue weighted by Gasteiger charge is 2.11. The van der Waals surface area contributed by atoms with Gasteiger partial charge in [0.2, 0.25) is 5.91 Å². The lowest BCUT2D eigenvalue weighted by Crippen LogP contribution is -2.11. The summed E-state index contributed by atoms with van der Waals surface area (Å²) in [4.78, 5) is 11.8. The number of rotatable bonds is 8. The summed E-state index contributed by atoms with van der Waals surface area (Å²) < 4.78 is 10.3. The lowest BCUT2D eigenvalue weighted by molar-refractivity contribution is -0.116. The van der Waals surface area contributed by atoms with E-state index in [1.54, 1.807) is 38.5 Å². The first-order valence-corrected chi connectivity index (χ1v) is 7.70. The van der Waals surface area contributed by atoms with Gasteiger partial charge in [-0.05, 0) is 31.0 Å². The van der Waals surface area contributed by atoms with Gasteiger partial charge < -0.3 is 14.8 Å². The number of hydrogen-bond acceptors (Lipinski definition) is 4. The fourth-order valence-corrected chi connectivity index (χ4v) is 2.32. The number of hydrogen-bond donors (Lipinski definition) is 2. The zero-order valence-electron chi connectivity index (χ0n) is 13.2. The lowest BCUT2D eigenvalue weighted by atomic mass is 10.1. The van der Waals surface area contributed by atoms with Gasteiger partial charge in [0.05, 0.1) is 12.8 Å². The molecule has 0 spiro atoms. The van der Waals surface area contributed by atoms with Crippen molar-refractivity contribution in [2.24, 2.45) is 0 Å². The smallest absolute Gasteiger partial charge is 0.225 e. The largest absolute Gasteiger partial charge is 0.496 e. The summed E-state index contributed by atoms with van der Waals surface area (Å²) in [6.45, 7) is 0.661. The Hall–Kier alpha value is -2.05. The molecule has 0 saturated heterocycles. The highest BCUT2D eigenvalue weighted by Crippen LogP contribution is 2.32. The monoisotopic (exact) mass is 337 g/mol. The molecule has 6 nitrogen and oxygen atoms in total. The Labute approximate surface area is 140 Å². The second-order valence-electron chi connectivity index (χ2n) is 5.01. The van der Waals surface area contributed by atoms with Crippen LogP contribution in [0, 0.1) is 0 Å². The van der Waals surface area contributed by atoms with Crippen molar-refractivity contribution in [2.75, 3.05) is 26.1 Å². The molecular formula is C16H20ClN3O3. The Balaban J connectivity index is 2.01. The van der Waals surface area contributed by atoms with E-state index in [2.05, 4.69) is 15.5 Å². The van der Waals surface area contributed by atoms with Gasteiger partial charge in [-0.25, -0.2) is 0 Å². The number of carbonyl (C=O) groups is 1. The van der Waals surface area contributed by atoms with Gasteiger partial charge in [0.25, 0.3) is 0 Å². The fraction of sp³-hybridized carbons (Fsp3) is 0.375. The summed E-state index contributed by atoms with van der Waals surface area (Å²) in [6.07, 6.45) is 2.07. The first-order chi connectivity index (χ1) is 11.1. The van der Waals surface area contributed by atoms with Crippen LogP contribution in [0.15, 0.2) is 24.3 Å². The van der Waals surface area contributed by atoms with Crippen LogP contribution in [-0.4, -0.2) is 36.9 Å². The second kappa shape index (κ2) is 8.55. The van der Waals surface area contributed by atoms with Crippen molar-refractivity contribution in [2.45, 2.75) is 19.3 Å². The molecule has 1 heterocycles. The van der Waals surface area contributed by atoms with Crippen LogP contribution >= 0.6 is 11.6 Å². The summed E-state index contributed by atoms with van der Waals surface area (Å²) in [5.41, 5.74) is 1.51. The van der Waals surface area contributed by atoms with Crippen LogP contribution < -0.4 is 10.1 Å². The number of halogens is 1. The number of methoxy groups -OCH3 is 2. The molecule has 1 aromatic carbocycles. The van der Waals surface area contributed by atoms with Crippen LogP contribution in [-0.2, 0) is 9.53 Å². The Kier molecular flexibility index (Phi) is 6.43. The lowest BCUT2D eigenvalue weighted by Gasteiger charge is -2.06. The molecule has 0 aliphatic rings. The maximum atomic E-state index is 11.8. The van der Waals surface area contributed by atoms with Crippen LogP contribution in [0.5, 0.6) is 5.75 Å². The van der Waals surface area contributed by atoms with Crippen LogP contribution in [0.2, 0.25) is 5.02 Å². The van der Waals surface area contributed by atoms with Crippen LogP contribution in [0.1, 0.15) is 19.3 Å². The first kappa shape index (κ1) is 17.3. The number of carbonyl (C=O) groups excluding carboxylic acids is 1. The van der Waals surface area contributed by atoms with Gasteiger partial charge >= 0.3 is 0 Å². The summed E-state index contributed by atoms with van der Waals surface area (Å²) >= 11 is 6.03. The Morgan fingerprint density at radius 3 is 2.87 bits per heavy atom. The average molecular weight is 338 g/mol. The number of nitrogens with one attached hydrogen (secondary N) is 2. The molecule has 1 aromatic heterocycles. The van der Waals surface area contributed by atoms with E-state index in [4.69, 9.17) is 21.1 Å². The van der Waals surface area contributed by atoms with Crippen LogP contribution in [0.25, 0.3) is 11.3 Å². The Morgan fingerprint density at radius 2 is 2.13 bits per heavy atom. The SMILES string of the molecule is COCCCCC(=O)Nc1cc(-c2cc(Cl)ccc2OC)[nH]n1. The molecule has 0 saturated carbocycles. The van der Waals surface area contributed by atoms with E-state index >= 15 is 0 Å². The van der Waals surface area contributed by atoms with Crippen molar-refractivity contribution in [3.05, 3.63) is 29.3 Å². The van der Waals surface area contributed by atoms with Crippen molar-refractivity contribution >= 4 is 23.3 Å². The molecule has 0 atom stereocenters. The number of aromatic nitrogens is 2. The van der Waals surface area contributed by atoms with Crippen molar-refractivity contribution < 1.29 is 14.3 Å². The maximum absolute atomic E-state index is 11.8. The molecule has 2 N–H and O–H groups in total. The zero-order chi connectivity index (χ0) is 16.7. The number of unbranched alkanes of at least 4 members (excludes halogenated alkanes) is 1. The molecule has 124 valence electrons. The highest BCUT2D eigenvalue weighted by atomic mass is 35.5. The van der Waals surface area contributed by atoms with Gasteiger partial charge in [-0.1, -0.05) is 11.6 Å². The average Bonchev–Trinajstić information content (AvgIpc) is 3.00. The summed E-state index contributed by atoms with van der Waals surface area (Å²) in [7, 11) is 3.24. The first-order valence-electron chi connectivity index (χ1n) is 7.32. The number of anilines is 1. The quantitative estimate of drug-likeness (QED) is 0.723. The third-order valence-corrected chi connectivity index (χ3v) is 3.53. The van der Waals surface area contributed by atoms with E-state index in [1.165, 1.54) is 0 Å². The molecule has 0 bridgehead atoms. The highest BCUT2D eigenvalue weighted by molar-refractivity contribution is 6.31. The minimum Gasteiger partial charge on any atom is -0.496 e. The molecule has 0 fully saturated rings. The Bertz CT molecular complexity index is 658. The van der Waals surface area contributed by atoms with E-state index in [-0.39, 0.29) is 5.91 Å². The molecule has 2 rings (SSSR count). The van der Waals surface area contributed by atoms with Crippen molar-refractivity contribution in [3.8, 4) is 17.0 Å². The third-order valence-electron chi connectivity index (χ3n) is 3.30. The van der Waals surface area contributed by atoms with E-state index in [1.807, 2.05) is 0 Å². The van der Waals surface area contributed by atoms with Crippen molar-refractivity contribution in [3.63, 3.8) is 0 Å². The number of ether oxygens (including phenoxy) is 2. The topological polar surface area (TPSA) is 76.2 Å². The number of nitrogens with zero attached hydrogens (tertiary/aromatic N) is 1. The normalized spacial score (nSPS) is 10.6. The summed E-state index contributed by atoms with van der Waals surface area (Å²) in [5, 5.41) is 10.3. The van der Waals surface area contributed by atoms with E-state index in [0.717, 1.165) is 24.1 Å². The zero-order valence-corrected chi connectivity index (χ0v) is 13.9. The molecule has 1 amide bonds. The standard InChI is InChI=1S/C16H20ClN3O3/c1-22-8-4-3-5-16(21)18-15-10-13(19-20-15)12-9-11(17)6-7-14(12)23-2/h6-7,9-10H,3-5,8H2,1-2H3,(H2,18,19,20,21). The van der Waals surface area contributed by atoms with Gasteiger partial charge in [-0.2, -0.15) is 5.10 Å². The van der Waals surface area contributed by atoms with Gasteiger partial charge in [-0.15, -0.1) is 0 Å².